The van der Waals surface area contributed by atoms with Crippen LogP contribution in [-0.2, 0) is 0 Å². The number of rotatable bonds is 6. The monoisotopic (exact) mass is 242 g/mol. The Bertz CT molecular complexity index is 328. The second-order valence-corrected chi connectivity index (χ2v) is 4.43. The van der Waals surface area contributed by atoms with Crippen LogP contribution < -0.4 is 5.32 Å². The van der Waals surface area contributed by atoms with Gasteiger partial charge in [0, 0.05) is 12.1 Å². The summed E-state index contributed by atoms with van der Waals surface area (Å²) in [7, 11) is 4.17. The quantitative estimate of drug-likeness (QED) is 0.613. The molecule has 5 heteroatoms. The highest BCUT2D eigenvalue weighted by Crippen LogP contribution is 2.17. The molecule has 0 spiro atoms. The molecule has 1 rings (SSSR count). The van der Waals surface area contributed by atoms with E-state index < -0.39 is 0 Å². The van der Waals surface area contributed by atoms with Gasteiger partial charge in [0.25, 0.3) is 0 Å². The molecule has 0 atom stereocenters. The van der Waals surface area contributed by atoms with Crippen molar-refractivity contribution in [3.05, 3.63) is 17.0 Å². The van der Waals surface area contributed by atoms with Crippen molar-refractivity contribution in [2.24, 2.45) is 0 Å². The van der Waals surface area contributed by atoms with Crippen molar-refractivity contribution >= 4 is 17.4 Å². The molecular formula is C11H19ClN4. The first kappa shape index (κ1) is 13.2. The van der Waals surface area contributed by atoms with Gasteiger partial charge in [-0.25, -0.2) is 9.97 Å². The van der Waals surface area contributed by atoms with Gasteiger partial charge in [0.05, 0.1) is 0 Å². The van der Waals surface area contributed by atoms with Crippen LogP contribution >= 0.6 is 11.6 Å². The molecule has 1 N–H and O–H groups in total. The molecule has 0 amide bonds. The molecule has 0 aliphatic rings. The first-order valence-electron chi connectivity index (χ1n) is 5.47. The van der Waals surface area contributed by atoms with Crippen LogP contribution in [0.4, 0.5) is 5.82 Å². The van der Waals surface area contributed by atoms with Gasteiger partial charge in [-0.1, -0.05) is 11.6 Å². The van der Waals surface area contributed by atoms with Crippen LogP contribution in [0.1, 0.15) is 18.4 Å². The number of aromatic nitrogens is 2. The van der Waals surface area contributed by atoms with E-state index in [9.17, 15) is 0 Å². The maximum absolute atomic E-state index is 5.90. The van der Waals surface area contributed by atoms with Gasteiger partial charge in [-0.15, -0.1) is 0 Å². The molecule has 1 aromatic rings. The maximum Gasteiger partial charge on any atom is 0.137 e. The Balaban J connectivity index is 2.29. The molecule has 0 saturated heterocycles. The summed E-state index contributed by atoms with van der Waals surface area (Å²) in [4.78, 5) is 10.3. The van der Waals surface area contributed by atoms with E-state index >= 15 is 0 Å². The van der Waals surface area contributed by atoms with Gasteiger partial charge in [-0.2, -0.15) is 0 Å². The van der Waals surface area contributed by atoms with Gasteiger partial charge in [-0.05, 0) is 40.4 Å². The summed E-state index contributed by atoms with van der Waals surface area (Å²) >= 11 is 5.90. The Morgan fingerprint density at radius 3 is 2.75 bits per heavy atom. The molecule has 0 radical (unpaired) electrons. The number of nitrogens with zero attached hydrogens (tertiary/aromatic N) is 3. The highest BCUT2D eigenvalue weighted by atomic mass is 35.5. The second kappa shape index (κ2) is 6.66. The highest BCUT2D eigenvalue weighted by molar-refractivity contribution is 6.30. The van der Waals surface area contributed by atoms with Gasteiger partial charge in [0.1, 0.15) is 17.3 Å². The Morgan fingerprint density at radius 2 is 2.06 bits per heavy atom. The summed E-state index contributed by atoms with van der Waals surface area (Å²) in [5.41, 5.74) is 0.914. The number of nitrogens with one attached hydrogen (secondary N) is 1. The van der Waals surface area contributed by atoms with Crippen molar-refractivity contribution in [1.82, 2.24) is 14.9 Å². The summed E-state index contributed by atoms with van der Waals surface area (Å²) in [6.07, 6.45) is 3.79. The van der Waals surface area contributed by atoms with Crippen molar-refractivity contribution in [3.8, 4) is 0 Å². The summed E-state index contributed by atoms with van der Waals surface area (Å²) in [6.45, 7) is 3.96. The normalized spacial score (nSPS) is 10.8. The zero-order valence-electron chi connectivity index (χ0n) is 10.1. The second-order valence-electron chi connectivity index (χ2n) is 4.08. The van der Waals surface area contributed by atoms with Crippen molar-refractivity contribution in [3.63, 3.8) is 0 Å². The van der Waals surface area contributed by atoms with Crippen LogP contribution in [0.15, 0.2) is 6.33 Å². The predicted molar refractivity (Wildman–Crippen MR) is 68.1 cm³/mol. The summed E-state index contributed by atoms with van der Waals surface area (Å²) < 4.78 is 0. The number of hydrogen-bond donors (Lipinski definition) is 1. The van der Waals surface area contributed by atoms with E-state index in [0.717, 1.165) is 30.9 Å². The molecule has 0 aliphatic heterocycles. The zero-order valence-corrected chi connectivity index (χ0v) is 10.9. The molecule has 0 bridgehead atoms. The lowest BCUT2D eigenvalue weighted by atomic mass is 10.3. The Morgan fingerprint density at radius 1 is 1.31 bits per heavy atom. The minimum Gasteiger partial charge on any atom is -0.370 e. The third kappa shape index (κ3) is 4.33. The topological polar surface area (TPSA) is 41.1 Å². The van der Waals surface area contributed by atoms with E-state index in [1.54, 1.807) is 0 Å². The Labute approximate surface area is 102 Å². The van der Waals surface area contributed by atoms with Gasteiger partial charge in [-0.3, -0.25) is 0 Å². The van der Waals surface area contributed by atoms with Crippen LogP contribution in [0.3, 0.4) is 0 Å². The standard InChI is InChI=1S/C11H19ClN4/c1-9-10(12)14-8-15-11(9)13-6-4-5-7-16(2)3/h8H,4-7H2,1-3H3,(H,13,14,15). The average Bonchev–Trinajstić information content (AvgIpc) is 2.23. The lowest BCUT2D eigenvalue weighted by Gasteiger charge is -2.10. The van der Waals surface area contributed by atoms with Crippen LogP contribution in [-0.4, -0.2) is 42.1 Å². The summed E-state index contributed by atoms with van der Waals surface area (Å²) in [5, 5.41) is 3.79. The molecule has 4 nitrogen and oxygen atoms in total. The molecule has 1 heterocycles. The van der Waals surface area contributed by atoms with E-state index in [2.05, 4.69) is 34.3 Å². The number of anilines is 1. The van der Waals surface area contributed by atoms with E-state index in [4.69, 9.17) is 11.6 Å². The average molecular weight is 243 g/mol. The first-order chi connectivity index (χ1) is 7.61. The zero-order chi connectivity index (χ0) is 12.0. The van der Waals surface area contributed by atoms with Gasteiger partial charge >= 0.3 is 0 Å². The summed E-state index contributed by atoms with van der Waals surface area (Å²) in [5.74, 6) is 0.838. The van der Waals surface area contributed by atoms with Crippen molar-refractivity contribution in [2.75, 3.05) is 32.5 Å². The van der Waals surface area contributed by atoms with Gasteiger partial charge < -0.3 is 10.2 Å². The molecule has 90 valence electrons. The van der Waals surface area contributed by atoms with E-state index in [1.807, 2.05) is 6.92 Å². The fourth-order valence-corrected chi connectivity index (χ4v) is 1.50. The minimum atomic E-state index is 0.519. The third-order valence-electron chi connectivity index (χ3n) is 2.35. The third-order valence-corrected chi connectivity index (χ3v) is 2.73. The fourth-order valence-electron chi connectivity index (χ4n) is 1.37. The number of unbranched alkanes of at least 4 members (excludes halogenated alkanes) is 1. The number of hydrogen-bond acceptors (Lipinski definition) is 4. The predicted octanol–water partition coefficient (Wildman–Crippen LogP) is 2.19. The molecular weight excluding hydrogens is 224 g/mol. The number of halogens is 1. The SMILES string of the molecule is Cc1c(Cl)ncnc1NCCCCN(C)C. The Kier molecular flexibility index (Phi) is 5.49. The molecule has 0 saturated carbocycles. The largest absolute Gasteiger partial charge is 0.370 e. The molecule has 16 heavy (non-hydrogen) atoms. The Hall–Kier alpha value is -0.870. The molecule has 1 aromatic heterocycles. The van der Waals surface area contributed by atoms with Crippen LogP contribution in [0.5, 0.6) is 0 Å². The molecule has 0 fully saturated rings. The van der Waals surface area contributed by atoms with Crippen molar-refractivity contribution < 1.29 is 0 Å². The molecule has 0 aromatic carbocycles. The van der Waals surface area contributed by atoms with E-state index in [-0.39, 0.29) is 0 Å². The molecule has 0 aliphatic carbocycles. The van der Waals surface area contributed by atoms with Crippen molar-refractivity contribution in [2.45, 2.75) is 19.8 Å². The minimum absolute atomic E-state index is 0.519. The van der Waals surface area contributed by atoms with Gasteiger partial charge in [0.2, 0.25) is 0 Å². The van der Waals surface area contributed by atoms with E-state index in [0.29, 0.717) is 5.15 Å². The first-order valence-corrected chi connectivity index (χ1v) is 5.84. The lowest BCUT2D eigenvalue weighted by molar-refractivity contribution is 0.396. The van der Waals surface area contributed by atoms with E-state index in [1.165, 1.54) is 12.7 Å². The maximum atomic E-state index is 5.90. The van der Waals surface area contributed by atoms with Crippen LogP contribution in [0.25, 0.3) is 0 Å². The van der Waals surface area contributed by atoms with Crippen molar-refractivity contribution in [1.29, 1.82) is 0 Å². The van der Waals surface area contributed by atoms with Crippen LogP contribution in [0, 0.1) is 6.92 Å². The smallest absolute Gasteiger partial charge is 0.137 e. The highest BCUT2D eigenvalue weighted by Gasteiger charge is 2.03. The van der Waals surface area contributed by atoms with Crippen LogP contribution in [0.2, 0.25) is 5.15 Å². The lowest BCUT2D eigenvalue weighted by Crippen LogP contribution is -2.14. The summed E-state index contributed by atoms with van der Waals surface area (Å²) in [6, 6.07) is 0. The van der Waals surface area contributed by atoms with Gasteiger partial charge in [0.15, 0.2) is 0 Å². The fraction of sp³-hybridized carbons (Fsp3) is 0.636. The molecule has 0 unspecified atom stereocenters.